The van der Waals surface area contributed by atoms with E-state index in [9.17, 15) is 18.8 Å². The van der Waals surface area contributed by atoms with Gasteiger partial charge in [0.15, 0.2) is 11.8 Å². The fraction of sp³-hybridized carbons (Fsp3) is 0.111. The Balaban J connectivity index is 1.49. The summed E-state index contributed by atoms with van der Waals surface area (Å²) in [7, 11) is 0. The lowest BCUT2D eigenvalue weighted by Crippen LogP contribution is -2.28. The maximum atomic E-state index is 13.2. The van der Waals surface area contributed by atoms with E-state index in [0.717, 1.165) is 16.2 Å². The number of amides is 2. The molecule has 4 rings (SSSR count). The third kappa shape index (κ3) is 6.48. The standard InChI is InChI=1S/C27H21BrFN3O5S/c1-2-36-26(35)16-3-10-21(11-4-16)32-25(34)23(38-27(32)30)14-17-13-18(28)5-12-22(17)37-15-24(33)31-20-8-6-19(29)7-9-20/h3-14,30H,2,15H2,1H3,(H,31,33)/b23-14-,30-27?. The summed E-state index contributed by atoms with van der Waals surface area (Å²) < 4.78 is 24.5. The number of thioether (sulfide) groups is 1. The van der Waals surface area contributed by atoms with E-state index in [1.165, 1.54) is 41.3 Å². The van der Waals surface area contributed by atoms with E-state index in [-0.39, 0.29) is 23.3 Å². The minimum Gasteiger partial charge on any atom is -0.483 e. The molecular formula is C27H21BrFN3O5S. The summed E-state index contributed by atoms with van der Waals surface area (Å²) in [5.41, 5.74) is 1.74. The molecule has 0 spiro atoms. The number of esters is 1. The lowest BCUT2D eigenvalue weighted by Gasteiger charge is -2.14. The van der Waals surface area contributed by atoms with Crippen molar-refractivity contribution in [1.29, 1.82) is 5.41 Å². The number of nitrogens with zero attached hydrogens (tertiary/aromatic N) is 1. The first-order valence-electron chi connectivity index (χ1n) is 11.3. The average Bonchev–Trinajstić information content (AvgIpc) is 3.17. The molecule has 1 fully saturated rings. The number of rotatable bonds is 8. The first kappa shape index (κ1) is 27.1. The van der Waals surface area contributed by atoms with Crippen LogP contribution in [0.4, 0.5) is 15.8 Å². The van der Waals surface area contributed by atoms with Gasteiger partial charge < -0.3 is 14.8 Å². The molecule has 1 aliphatic rings. The molecule has 0 aromatic heterocycles. The van der Waals surface area contributed by atoms with Gasteiger partial charge in [-0.3, -0.25) is 19.9 Å². The van der Waals surface area contributed by atoms with Crippen LogP contribution in [0.25, 0.3) is 6.08 Å². The maximum absolute atomic E-state index is 13.2. The van der Waals surface area contributed by atoms with E-state index in [0.29, 0.717) is 28.3 Å². The van der Waals surface area contributed by atoms with Crippen molar-refractivity contribution in [3.8, 4) is 5.75 Å². The molecule has 0 atom stereocenters. The molecule has 38 heavy (non-hydrogen) atoms. The fourth-order valence-electron chi connectivity index (χ4n) is 3.46. The van der Waals surface area contributed by atoms with Crippen molar-refractivity contribution in [2.24, 2.45) is 0 Å². The Bertz CT molecular complexity index is 1430. The Kier molecular flexibility index (Phi) is 8.59. The number of ether oxygens (including phenoxy) is 2. The van der Waals surface area contributed by atoms with Gasteiger partial charge in [-0.1, -0.05) is 15.9 Å². The van der Waals surface area contributed by atoms with Crippen LogP contribution in [0.5, 0.6) is 5.75 Å². The van der Waals surface area contributed by atoms with Crippen LogP contribution in [-0.2, 0) is 14.3 Å². The van der Waals surface area contributed by atoms with E-state index >= 15 is 0 Å². The van der Waals surface area contributed by atoms with Crippen molar-refractivity contribution in [1.82, 2.24) is 0 Å². The Morgan fingerprint density at radius 2 is 1.82 bits per heavy atom. The summed E-state index contributed by atoms with van der Waals surface area (Å²) in [6.07, 6.45) is 1.59. The molecule has 2 N–H and O–H groups in total. The number of amidine groups is 1. The summed E-state index contributed by atoms with van der Waals surface area (Å²) >= 11 is 4.38. The zero-order valence-corrected chi connectivity index (χ0v) is 22.4. The van der Waals surface area contributed by atoms with E-state index in [2.05, 4.69) is 21.2 Å². The molecule has 0 saturated carbocycles. The molecule has 2 amide bonds. The van der Waals surface area contributed by atoms with Gasteiger partial charge in [0.2, 0.25) is 0 Å². The van der Waals surface area contributed by atoms with Crippen molar-refractivity contribution in [3.63, 3.8) is 0 Å². The predicted octanol–water partition coefficient (Wildman–Crippen LogP) is 5.84. The SMILES string of the molecule is CCOC(=O)c1ccc(N2C(=N)S/C(=C\c3cc(Br)ccc3OCC(=O)Nc3ccc(F)cc3)C2=O)cc1. The van der Waals surface area contributed by atoms with Gasteiger partial charge in [-0.25, -0.2) is 9.18 Å². The van der Waals surface area contributed by atoms with Gasteiger partial charge in [0.1, 0.15) is 11.6 Å². The normalized spacial score (nSPS) is 14.1. The zero-order valence-electron chi connectivity index (χ0n) is 20.0. The molecule has 8 nitrogen and oxygen atoms in total. The Labute approximate surface area is 230 Å². The van der Waals surface area contributed by atoms with Crippen molar-refractivity contribution in [2.75, 3.05) is 23.4 Å². The number of benzene rings is 3. The molecule has 1 heterocycles. The van der Waals surface area contributed by atoms with E-state index in [4.69, 9.17) is 14.9 Å². The van der Waals surface area contributed by atoms with Crippen LogP contribution in [0.1, 0.15) is 22.8 Å². The average molecular weight is 598 g/mol. The van der Waals surface area contributed by atoms with Gasteiger partial charge in [-0.2, -0.15) is 0 Å². The second-order valence-electron chi connectivity index (χ2n) is 7.85. The summed E-state index contributed by atoms with van der Waals surface area (Å²) in [6.45, 7) is 1.65. The highest BCUT2D eigenvalue weighted by Gasteiger charge is 2.34. The molecule has 3 aromatic carbocycles. The number of hydrogen-bond donors (Lipinski definition) is 2. The van der Waals surface area contributed by atoms with Crippen LogP contribution < -0.4 is 15.0 Å². The number of hydrogen-bond acceptors (Lipinski definition) is 7. The van der Waals surface area contributed by atoms with Crippen molar-refractivity contribution < 1.29 is 28.2 Å². The minimum absolute atomic E-state index is 0.00118. The third-order valence-electron chi connectivity index (χ3n) is 5.21. The number of carbonyl (C=O) groups excluding carboxylic acids is 3. The molecule has 1 saturated heterocycles. The van der Waals surface area contributed by atoms with Gasteiger partial charge in [-0.05, 0) is 91.5 Å². The molecule has 11 heteroatoms. The lowest BCUT2D eigenvalue weighted by atomic mass is 10.1. The monoisotopic (exact) mass is 597 g/mol. The highest BCUT2D eigenvalue weighted by atomic mass is 79.9. The quantitative estimate of drug-likeness (QED) is 0.249. The number of anilines is 2. The predicted molar refractivity (Wildman–Crippen MR) is 148 cm³/mol. The van der Waals surface area contributed by atoms with Crippen LogP contribution in [0.15, 0.2) is 76.1 Å². The molecule has 194 valence electrons. The number of carbonyl (C=O) groups is 3. The van der Waals surface area contributed by atoms with Crippen LogP contribution in [-0.4, -0.2) is 36.2 Å². The highest BCUT2D eigenvalue weighted by Crippen LogP contribution is 2.37. The molecule has 0 bridgehead atoms. The molecule has 0 radical (unpaired) electrons. The van der Waals surface area contributed by atoms with E-state index in [1.54, 1.807) is 43.3 Å². The number of nitrogens with one attached hydrogen (secondary N) is 2. The fourth-order valence-corrected chi connectivity index (χ4v) is 4.69. The van der Waals surface area contributed by atoms with Crippen molar-refractivity contribution >= 4 is 68.1 Å². The smallest absolute Gasteiger partial charge is 0.338 e. The molecule has 1 aliphatic heterocycles. The summed E-state index contributed by atoms with van der Waals surface area (Å²) in [6, 6.07) is 16.7. The molecule has 0 unspecified atom stereocenters. The molecular weight excluding hydrogens is 577 g/mol. The molecule has 0 aliphatic carbocycles. The largest absolute Gasteiger partial charge is 0.483 e. The summed E-state index contributed by atoms with van der Waals surface area (Å²) in [5.74, 6) is -1.38. The lowest BCUT2D eigenvalue weighted by molar-refractivity contribution is -0.118. The van der Waals surface area contributed by atoms with Crippen molar-refractivity contribution in [3.05, 3.63) is 93.1 Å². The van der Waals surface area contributed by atoms with Crippen molar-refractivity contribution in [2.45, 2.75) is 6.92 Å². The van der Waals surface area contributed by atoms with Gasteiger partial charge in [0, 0.05) is 15.7 Å². The van der Waals surface area contributed by atoms with Crippen LogP contribution in [0, 0.1) is 11.2 Å². The Hall–Kier alpha value is -3.96. The van der Waals surface area contributed by atoms with Gasteiger partial charge in [0.05, 0.1) is 22.8 Å². The summed E-state index contributed by atoms with van der Waals surface area (Å²) in [5, 5.41) is 11.0. The minimum atomic E-state index is -0.467. The van der Waals surface area contributed by atoms with E-state index < -0.39 is 23.6 Å². The van der Waals surface area contributed by atoms with E-state index in [1.807, 2.05) is 0 Å². The third-order valence-corrected chi connectivity index (χ3v) is 6.59. The first-order valence-corrected chi connectivity index (χ1v) is 12.9. The van der Waals surface area contributed by atoms with Gasteiger partial charge in [-0.15, -0.1) is 0 Å². The number of halogens is 2. The topological polar surface area (TPSA) is 109 Å². The zero-order chi connectivity index (χ0) is 27.2. The Morgan fingerprint density at radius 1 is 1.11 bits per heavy atom. The summed E-state index contributed by atoms with van der Waals surface area (Å²) in [4.78, 5) is 38.9. The second kappa shape index (κ2) is 12.1. The van der Waals surface area contributed by atoms with Gasteiger partial charge in [0.25, 0.3) is 11.8 Å². The highest BCUT2D eigenvalue weighted by molar-refractivity contribution is 9.10. The van der Waals surface area contributed by atoms with Crippen LogP contribution in [0.2, 0.25) is 0 Å². The Morgan fingerprint density at radius 3 is 2.50 bits per heavy atom. The second-order valence-corrected chi connectivity index (χ2v) is 9.80. The van der Waals surface area contributed by atoms with Crippen LogP contribution in [0.3, 0.4) is 0 Å². The maximum Gasteiger partial charge on any atom is 0.338 e. The molecule has 3 aromatic rings. The van der Waals surface area contributed by atoms with Crippen LogP contribution >= 0.6 is 27.7 Å². The van der Waals surface area contributed by atoms with Gasteiger partial charge >= 0.3 is 5.97 Å². The first-order chi connectivity index (χ1) is 18.2.